The van der Waals surface area contributed by atoms with Crippen LogP contribution in [-0.2, 0) is 25.9 Å². The van der Waals surface area contributed by atoms with Crippen molar-refractivity contribution in [2.75, 3.05) is 20.1 Å². The average Bonchev–Trinajstić information content (AvgIpc) is 2.74. The van der Waals surface area contributed by atoms with Crippen LogP contribution >= 0.6 is 0 Å². The molecule has 0 spiro atoms. The highest BCUT2D eigenvalue weighted by Crippen LogP contribution is 2.18. The number of hydrogen-bond donors (Lipinski definition) is 0. The normalized spacial score (nSPS) is 17.4. The van der Waals surface area contributed by atoms with E-state index in [9.17, 15) is 0 Å². The van der Waals surface area contributed by atoms with Gasteiger partial charge in [-0.25, -0.2) is 9.97 Å². The molecular formula is C23H36N4. The summed E-state index contributed by atoms with van der Waals surface area (Å²) >= 11 is 0. The van der Waals surface area contributed by atoms with Gasteiger partial charge in [-0.1, -0.05) is 45.0 Å². The lowest BCUT2D eigenvalue weighted by Gasteiger charge is -2.32. The molecule has 0 saturated heterocycles. The molecule has 148 valence electrons. The number of likely N-dealkylation sites (N-methyl/N-ethyl adjacent to an activating group) is 1. The third-order valence-electron chi connectivity index (χ3n) is 5.43. The Balaban J connectivity index is 0.000000181. The van der Waals surface area contributed by atoms with Gasteiger partial charge in [-0.3, -0.25) is 4.90 Å². The van der Waals surface area contributed by atoms with E-state index in [4.69, 9.17) is 0 Å². The Hall–Kier alpha value is -1.78. The third-order valence-corrected chi connectivity index (χ3v) is 5.43. The van der Waals surface area contributed by atoms with Crippen LogP contribution in [0.15, 0.2) is 36.8 Å². The van der Waals surface area contributed by atoms with Crippen LogP contribution in [0.4, 0.5) is 0 Å². The number of aromatic nitrogens is 2. The Kier molecular flexibility index (Phi) is 8.89. The summed E-state index contributed by atoms with van der Waals surface area (Å²) in [7, 11) is 2.18. The summed E-state index contributed by atoms with van der Waals surface area (Å²) in [5.41, 5.74) is 5.57. The molecule has 4 rings (SSSR count). The van der Waals surface area contributed by atoms with E-state index >= 15 is 0 Å². The van der Waals surface area contributed by atoms with E-state index in [1.54, 1.807) is 6.33 Å². The molecule has 0 N–H and O–H groups in total. The first kappa shape index (κ1) is 21.5. The van der Waals surface area contributed by atoms with E-state index < -0.39 is 0 Å². The summed E-state index contributed by atoms with van der Waals surface area (Å²) in [4.78, 5) is 13.3. The fraction of sp³-hybridized carbons (Fsp3) is 0.565. The lowest BCUT2D eigenvalue weighted by molar-refractivity contribution is 0.184. The quantitative estimate of drug-likeness (QED) is 0.789. The van der Waals surface area contributed by atoms with Crippen LogP contribution in [0.5, 0.6) is 0 Å². The van der Waals surface area contributed by atoms with Crippen molar-refractivity contribution in [1.82, 2.24) is 19.8 Å². The molecule has 3 heterocycles. The average molecular weight is 369 g/mol. The molecule has 4 nitrogen and oxygen atoms in total. The second kappa shape index (κ2) is 11.2. The Morgan fingerprint density at radius 3 is 2.48 bits per heavy atom. The highest BCUT2D eigenvalue weighted by Gasteiger charge is 2.20. The van der Waals surface area contributed by atoms with Crippen LogP contribution in [0.3, 0.4) is 0 Å². The molecule has 1 aromatic carbocycles. The molecule has 2 aliphatic rings. The van der Waals surface area contributed by atoms with Crippen LogP contribution in [0.25, 0.3) is 0 Å². The molecule has 0 radical (unpaired) electrons. The highest BCUT2D eigenvalue weighted by atomic mass is 15.2. The van der Waals surface area contributed by atoms with Crippen molar-refractivity contribution < 1.29 is 0 Å². The maximum absolute atomic E-state index is 4.30. The molecule has 0 bridgehead atoms. The van der Waals surface area contributed by atoms with Gasteiger partial charge in [0, 0.05) is 56.1 Å². The Morgan fingerprint density at radius 1 is 1.00 bits per heavy atom. The van der Waals surface area contributed by atoms with Gasteiger partial charge in [-0.15, -0.1) is 0 Å². The summed E-state index contributed by atoms with van der Waals surface area (Å²) in [5.74, 6) is 0. The smallest absolute Gasteiger partial charge is 0.115 e. The van der Waals surface area contributed by atoms with Crippen LogP contribution in [0, 0.1) is 0 Å². The standard InChI is InChI=1S/C11H17N3.C10H13N.C2H6/c1-3-9(2)14-5-4-11-10(7-14)6-12-8-13-11;1-11-7-6-9-4-2-3-5-10(9)8-11;1-2/h6,8-9H,3-5,7H2,1-2H3;2-5H,6-8H2,1H3;1-2H3. The van der Waals surface area contributed by atoms with E-state index in [1.807, 2.05) is 20.0 Å². The first-order chi connectivity index (χ1) is 13.2. The number of fused-ring (bicyclic) bond motifs is 2. The zero-order chi connectivity index (χ0) is 19.6. The maximum Gasteiger partial charge on any atom is 0.115 e. The first-order valence-electron chi connectivity index (χ1n) is 10.4. The van der Waals surface area contributed by atoms with Crippen molar-refractivity contribution >= 4 is 0 Å². The maximum atomic E-state index is 4.30. The summed E-state index contributed by atoms with van der Waals surface area (Å²) < 4.78 is 0. The SMILES string of the molecule is CC.CCC(C)N1CCc2ncncc2C1.CN1CCc2ccccc2C1. The molecule has 0 saturated carbocycles. The fourth-order valence-electron chi connectivity index (χ4n) is 3.56. The van der Waals surface area contributed by atoms with Crippen molar-refractivity contribution in [3.63, 3.8) is 0 Å². The van der Waals surface area contributed by atoms with Crippen LogP contribution in [-0.4, -0.2) is 45.9 Å². The van der Waals surface area contributed by atoms with Crippen molar-refractivity contribution in [1.29, 1.82) is 0 Å². The second-order valence-electron chi connectivity index (χ2n) is 7.23. The van der Waals surface area contributed by atoms with Crippen molar-refractivity contribution in [2.45, 2.75) is 66.1 Å². The van der Waals surface area contributed by atoms with Gasteiger partial charge >= 0.3 is 0 Å². The molecule has 1 atom stereocenters. The largest absolute Gasteiger partial charge is 0.302 e. The number of benzene rings is 1. The van der Waals surface area contributed by atoms with Gasteiger partial charge in [-0.05, 0) is 37.9 Å². The molecular weight excluding hydrogens is 332 g/mol. The zero-order valence-corrected chi connectivity index (χ0v) is 17.8. The summed E-state index contributed by atoms with van der Waals surface area (Å²) in [6.07, 6.45) is 7.10. The van der Waals surface area contributed by atoms with Gasteiger partial charge in [0.15, 0.2) is 0 Å². The van der Waals surface area contributed by atoms with E-state index in [2.05, 4.69) is 64.9 Å². The molecule has 27 heavy (non-hydrogen) atoms. The number of rotatable bonds is 2. The zero-order valence-electron chi connectivity index (χ0n) is 17.8. The summed E-state index contributed by atoms with van der Waals surface area (Å²) in [6.45, 7) is 13.0. The van der Waals surface area contributed by atoms with Crippen molar-refractivity contribution in [3.05, 3.63) is 59.2 Å². The molecule has 2 aliphatic heterocycles. The molecule has 2 aromatic rings. The molecule has 4 heteroatoms. The van der Waals surface area contributed by atoms with E-state index in [0.29, 0.717) is 6.04 Å². The number of nitrogens with zero attached hydrogens (tertiary/aromatic N) is 4. The van der Waals surface area contributed by atoms with Crippen molar-refractivity contribution in [3.8, 4) is 0 Å². The van der Waals surface area contributed by atoms with E-state index in [0.717, 1.165) is 26.1 Å². The first-order valence-corrected chi connectivity index (χ1v) is 10.4. The molecule has 0 aliphatic carbocycles. The Bertz CT molecular complexity index is 686. The lowest BCUT2D eigenvalue weighted by Crippen LogP contribution is -2.37. The Labute approximate surface area is 165 Å². The monoisotopic (exact) mass is 368 g/mol. The molecule has 1 aromatic heterocycles. The fourth-order valence-corrected chi connectivity index (χ4v) is 3.56. The van der Waals surface area contributed by atoms with Gasteiger partial charge in [0.1, 0.15) is 6.33 Å². The second-order valence-corrected chi connectivity index (χ2v) is 7.23. The van der Waals surface area contributed by atoms with Crippen molar-refractivity contribution in [2.24, 2.45) is 0 Å². The minimum atomic E-state index is 0.670. The van der Waals surface area contributed by atoms with E-state index in [-0.39, 0.29) is 0 Å². The summed E-state index contributed by atoms with van der Waals surface area (Å²) in [6, 6.07) is 9.39. The van der Waals surface area contributed by atoms with Gasteiger partial charge < -0.3 is 4.90 Å². The lowest BCUT2D eigenvalue weighted by atomic mass is 10.0. The van der Waals surface area contributed by atoms with Gasteiger partial charge in [0.2, 0.25) is 0 Å². The predicted molar refractivity (Wildman–Crippen MR) is 114 cm³/mol. The van der Waals surface area contributed by atoms with Gasteiger partial charge in [-0.2, -0.15) is 0 Å². The van der Waals surface area contributed by atoms with E-state index in [1.165, 1.54) is 41.8 Å². The Morgan fingerprint density at radius 2 is 1.74 bits per heavy atom. The minimum absolute atomic E-state index is 0.670. The molecule has 1 unspecified atom stereocenters. The van der Waals surface area contributed by atoms with Crippen LogP contribution in [0.1, 0.15) is 56.5 Å². The van der Waals surface area contributed by atoms with Crippen LogP contribution in [0.2, 0.25) is 0 Å². The highest BCUT2D eigenvalue weighted by molar-refractivity contribution is 5.28. The van der Waals surface area contributed by atoms with Crippen LogP contribution < -0.4 is 0 Å². The molecule has 0 fully saturated rings. The summed E-state index contributed by atoms with van der Waals surface area (Å²) in [5, 5.41) is 0. The topological polar surface area (TPSA) is 32.3 Å². The van der Waals surface area contributed by atoms with Gasteiger partial charge in [0.25, 0.3) is 0 Å². The van der Waals surface area contributed by atoms with Gasteiger partial charge in [0.05, 0.1) is 0 Å². The number of hydrogen-bond acceptors (Lipinski definition) is 4. The predicted octanol–water partition coefficient (Wildman–Crippen LogP) is 4.33. The minimum Gasteiger partial charge on any atom is -0.302 e. The third kappa shape index (κ3) is 6.12. The molecule has 0 amide bonds.